The van der Waals surface area contributed by atoms with Crippen molar-refractivity contribution in [2.75, 3.05) is 0 Å². The summed E-state index contributed by atoms with van der Waals surface area (Å²) in [5.41, 5.74) is 1.16. The number of carbonyl (C=O) groups is 1. The number of rotatable bonds is 0. The van der Waals surface area contributed by atoms with Gasteiger partial charge >= 0.3 is 5.97 Å². The molecule has 1 rings (SSSR count). The van der Waals surface area contributed by atoms with Crippen molar-refractivity contribution < 1.29 is 14.3 Å². The highest BCUT2D eigenvalue weighted by atomic mass is 19.1. The second-order valence-corrected chi connectivity index (χ2v) is 2.51. The second-order valence-electron chi connectivity index (χ2n) is 2.51. The minimum atomic E-state index is -1.19. The molecule has 0 saturated carbocycles. The summed E-state index contributed by atoms with van der Waals surface area (Å²) in [4.78, 5) is 10.1. The van der Waals surface area contributed by atoms with Crippen molar-refractivity contribution in [3.05, 3.63) is 35.1 Å². The molecule has 2 nitrogen and oxygen atoms in total. The molecule has 0 saturated heterocycles. The minimum absolute atomic E-state index is 0.349. The van der Waals surface area contributed by atoms with E-state index in [0.717, 1.165) is 0 Å². The Morgan fingerprint density at radius 3 is 2.77 bits per heavy atom. The number of hydrogen-bond acceptors (Lipinski definition) is 1. The molecule has 1 N–H and O–H groups in total. The predicted molar refractivity (Wildman–Crippen MR) is 45.7 cm³/mol. The summed E-state index contributed by atoms with van der Waals surface area (Å²) in [6, 6.07) is 4.02. The highest BCUT2D eigenvalue weighted by molar-refractivity contribution is 5.87. The summed E-state index contributed by atoms with van der Waals surface area (Å²) in [6.45, 7) is 1.68. The monoisotopic (exact) mass is 178 g/mol. The third-order valence-electron chi connectivity index (χ3n) is 1.49. The third kappa shape index (κ3) is 2.60. The largest absolute Gasteiger partial charge is 0.472 e. The van der Waals surface area contributed by atoms with Crippen LogP contribution in [0.3, 0.4) is 0 Å². The number of hydrogen-bond donors (Lipinski definition) is 1. The molecule has 0 heterocycles. The molecule has 0 aliphatic rings. The first-order valence-corrected chi connectivity index (χ1v) is 3.60. The summed E-state index contributed by atoms with van der Waals surface area (Å²) in [7, 11) is 0. The van der Waals surface area contributed by atoms with Gasteiger partial charge in [0, 0.05) is 11.5 Å². The number of aryl methyl sites for hydroxylation is 1. The second kappa shape index (κ2) is 3.72. The fraction of sp³-hybridized carbons (Fsp3) is 0.100. The van der Waals surface area contributed by atoms with Crippen LogP contribution in [0, 0.1) is 24.6 Å². The standard InChI is InChI=1S/C10H7FO2/c1-7-6-9(11)4-2-8(7)3-5-10(12)13/h2,4,6H,1H3,(H,12,13). The number of carboxylic acids is 1. The van der Waals surface area contributed by atoms with Gasteiger partial charge in [-0.2, -0.15) is 0 Å². The van der Waals surface area contributed by atoms with Gasteiger partial charge in [-0.1, -0.05) is 5.92 Å². The normalized spacial score (nSPS) is 8.77. The first kappa shape index (κ1) is 9.27. The van der Waals surface area contributed by atoms with Crippen molar-refractivity contribution in [2.24, 2.45) is 0 Å². The molecular weight excluding hydrogens is 171 g/mol. The summed E-state index contributed by atoms with van der Waals surface area (Å²) in [5, 5.41) is 8.27. The summed E-state index contributed by atoms with van der Waals surface area (Å²) >= 11 is 0. The highest BCUT2D eigenvalue weighted by Gasteiger charge is 1.96. The van der Waals surface area contributed by atoms with Crippen molar-refractivity contribution >= 4 is 5.97 Å². The Bertz CT molecular complexity index is 399. The quantitative estimate of drug-likeness (QED) is 0.612. The van der Waals surface area contributed by atoms with Crippen LogP contribution in [-0.4, -0.2) is 11.1 Å². The Morgan fingerprint density at radius 2 is 2.23 bits per heavy atom. The summed E-state index contributed by atoms with van der Waals surface area (Å²) in [5.74, 6) is 2.85. The summed E-state index contributed by atoms with van der Waals surface area (Å²) in [6.07, 6.45) is 0. The Kier molecular flexibility index (Phi) is 2.65. The van der Waals surface area contributed by atoms with Crippen LogP contribution < -0.4 is 0 Å². The Labute approximate surface area is 75.0 Å². The van der Waals surface area contributed by atoms with Gasteiger partial charge in [0.25, 0.3) is 0 Å². The number of carboxylic acid groups (broad SMARTS) is 1. The van der Waals surface area contributed by atoms with Crippen LogP contribution >= 0.6 is 0 Å². The van der Waals surface area contributed by atoms with Crippen molar-refractivity contribution in [1.82, 2.24) is 0 Å². The molecule has 0 aliphatic carbocycles. The minimum Gasteiger partial charge on any atom is -0.472 e. The van der Waals surface area contributed by atoms with E-state index in [1.807, 2.05) is 5.92 Å². The number of halogens is 1. The van der Waals surface area contributed by atoms with E-state index >= 15 is 0 Å². The molecule has 3 heteroatoms. The van der Waals surface area contributed by atoms with Gasteiger partial charge in [0.1, 0.15) is 5.82 Å². The molecule has 0 amide bonds. The topological polar surface area (TPSA) is 37.3 Å². The van der Waals surface area contributed by atoms with Crippen LogP contribution in [0.5, 0.6) is 0 Å². The third-order valence-corrected chi connectivity index (χ3v) is 1.49. The molecule has 0 aliphatic heterocycles. The molecule has 0 spiro atoms. The average Bonchev–Trinajstić information content (AvgIpc) is 2.02. The molecule has 0 atom stereocenters. The molecule has 66 valence electrons. The Hall–Kier alpha value is -1.82. The number of aliphatic carboxylic acids is 1. The van der Waals surface area contributed by atoms with Gasteiger partial charge in [0.2, 0.25) is 0 Å². The zero-order valence-corrected chi connectivity index (χ0v) is 6.97. The van der Waals surface area contributed by atoms with Crippen LogP contribution in [-0.2, 0) is 4.79 Å². The zero-order chi connectivity index (χ0) is 9.84. The predicted octanol–water partition coefficient (Wildman–Crippen LogP) is 1.57. The lowest BCUT2D eigenvalue weighted by Crippen LogP contribution is -1.89. The summed E-state index contributed by atoms with van der Waals surface area (Å²) < 4.78 is 12.6. The number of benzene rings is 1. The van der Waals surface area contributed by atoms with E-state index in [0.29, 0.717) is 11.1 Å². The fourth-order valence-corrected chi connectivity index (χ4v) is 0.888. The van der Waals surface area contributed by atoms with Crippen LogP contribution in [0.2, 0.25) is 0 Å². The van der Waals surface area contributed by atoms with Crippen molar-refractivity contribution in [3.8, 4) is 11.8 Å². The van der Waals surface area contributed by atoms with Gasteiger partial charge in [-0.15, -0.1) is 0 Å². The highest BCUT2D eigenvalue weighted by Crippen LogP contribution is 2.08. The van der Waals surface area contributed by atoms with Gasteiger partial charge in [0.05, 0.1) is 0 Å². The van der Waals surface area contributed by atoms with Crippen LogP contribution in [0.4, 0.5) is 4.39 Å². The van der Waals surface area contributed by atoms with E-state index in [2.05, 4.69) is 5.92 Å². The van der Waals surface area contributed by atoms with E-state index in [-0.39, 0.29) is 5.82 Å². The molecule has 1 aromatic carbocycles. The maximum Gasteiger partial charge on any atom is 0.382 e. The Morgan fingerprint density at radius 1 is 1.54 bits per heavy atom. The van der Waals surface area contributed by atoms with Gasteiger partial charge in [0.15, 0.2) is 0 Å². The van der Waals surface area contributed by atoms with Crippen molar-refractivity contribution in [3.63, 3.8) is 0 Å². The average molecular weight is 178 g/mol. The maximum absolute atomic E-state index is 12.6. The molecule has 0 aromatic heterocycles. The Balaban J connectivity index is 3.05. The van der Waals surface area contributed by atoms with Gasteiger partial charge in [-0.25, -0.2) is 9.18 Å². The van der Waals surface area contributed by atoms with Gasteiger partial charge in [-0.3, -0.25) is 0 Å². The molecule has 0 bridgehead atoms. The fourth-order valence-electron chi connectivity index (χ4n) is 0.888. The van der Waals surface area contributed by atoms with Crippen LogP contribution in [0.25, 0.3) is 0 Å². The maximum atomic E-state index is 12.6. The van der Waals surface area contributed by atoms with E-state index < -0.39 is 5.97 Å². The lowest BCUT2D eigenvalue weighted by Gasteiger charge is -1.95. The molecule has 0 unspecified atom stereocenters. The van der Waals surface area contributed by atoms with E-state index in [4.69, 9.17) is 5.11 Å². The lowest BCUT2D eigenvalue weighted by molar-refractivity contribution is -0.130. The van der Waals surface area contributed by atoms with Crippen molar-refractivity contribution in [2.45, 2.75) is 6.92 Å². The van der Waals surface area contributed by atoms with E-state index in [1.54, 1.807) is 6.92 Å². The van der Waals surface area contributed by atoms with Crippen LogP contribution in [0.1, 0.15) is 11.1 Å². The molecule has 0 radical (unpaired) electrons. The molecule has 0 fully saturated rings. The molecular formula is C10H7FO2. The SMILES string of the molecule is Cc1cc(F)ccc1C#CC(=O)O. The van der Waals surface area contributed by atoms with Gasteiger partial charge < -0.3 is 5.11 Å². The molecule has 1 aromatic rings. The van der Waals surface area contributed by atoms with Gasteiger partial charge in [-0.05, 0) is 30.7 Å². The zero-order valence-electron chi connectivity index (χ0n) is 6.97. The van der Waals surface area contributed by atoms with E-state index in [1.165, 1.54) is 18.2 Å². The lowest BCUT2D eigenvalue weighted by atomic mass is 10.1. The van der Waals surface area contributed by atoms with Crippen molar-refractivity contribution in [1.29, 1.82) is 0 Å². The first-order chi connectivity index (χ1) is 6.09. The first-order valence-electron chi connectivity index (χ1n) is 3.60. The smallest absolute Gasteiger partial charge is 0.382 e. The van der Waals surface area contributed by atoms with E-state index in [9.17, 15) is 9.18 Å². The van der Waals surface area contributed by atoms with Crippen LogP contribution in [0.15, 0.2) is 18.2 Å². The molecule has 13 heavy (non-hydrogen) atoms.